The van der Waals surface area contributed by atoms with Crippen LogP contribution < -0.4 is 11.1 Å². The van der Waals surface area contributed by atoms with Crippen molar-refractivity contribution in [1.82, 2.24) is 10.3 Å². The summed E-state index contributed by atoms with van der Waals surface area (Å²) < 4.78 is 0. The van der Waals surface area contributed by atoms with Gasteiger partial charge in [0.25, 0.3) is 0 Å². The van der Waals surface area contributed by atoms with Crippen molar-refractivity contribution in [3.63, 3.8) is 0 Å². The maximum atomic E-state index is 8.37. The SMILES string of the molecule is CC(NCCCCC(N)=NO)c1ccncc1. The molecule has 0 fully saturated rings. The van der Waals surface area contributed by atoms with E-state index in [1.807, 2.05) is 12.1 Å². The van der Waals surface area contributed by atoms with Gasteiger partial charge in [-0.1, -0.05) is 5.16 Å². The van der Waals surface area contributed by atoms with E-state index in [0.717, 1.165) is 19.4 Å². The van der Waals surface area contributed by atoms with Crippen LogP contribution in [0.4, 0.5) is 0 Å². The third-order valence-electron chi connectivity index (χ3n) is 2.64. The zero-order valence-corrected chi connectivity index (χ0v) is 10.1. The molecule has 4 N–H and O–H groups in total. The first-order valence-corrected chi connectivity index (χ1v) is 5.83. The lowest BCUT2D eigenvalue weighted by molar-refractivity contribution is 0.316. The summed E-state index contributed by atoms with van der Waals surface area (Å²) in [4.78, 5) is 3.99. The van der Waals surface area contributed by atoms with Crippen molar-refractivity contribution in [2.75, 3.05) is 6.54 Å². The van der Waals surface area contributed by atoms with Crippen molar-refractivity contribution in [3.05, 3.63) is 30.1 Å². The van der Waals surface area contributed by atoms with Gasteiger partial charge in [0, 0.05) is 24.9 Å². The maximum absolute atomic E-state index is 8.37. The Bertz CT molecular complexity index is 340. The van der Waals surface area contributed by atoms with Gasteiger partial charge in [-0.3, -0.25) is 4.98 Å². The van der Waals surface area contributed by atoms with Crippen LogP contribution in [0.25, 0.3) is 0 Å². The second-order valence-electron chi connectivity index (χ2n) is 4.00. The number of pyridine rings is 1. The van der Waals surface area contributed by atoms with Crippen LogP contribution >= 0.6 is 0 Å². The van der Waals surface area contributed by atoms with Crippen LogP contribution in [0.15, 0.2) is 29.7 Å². The molecule has 0 amide bonds. The van der Waals surface area contributed by atoms with E-state index in [1.165, 1.54) is 5.56 Å². The molecule has 17 heavy (non-hydrogen) atoms. The number of nitrogens with two attached hydrogens (primary N) is 1. The highest BCUT2D eigenvalue weighted by Crippen LogP contribution is 2.10. The predicted octanol–water partition coefficient (Wildman–Crippen LogP) is 1.65. The van der Waals surface area contributed by atoms with Gasteiger partial charge in [-0.15, -0.1) is 0 Å². The molecule has 1 aromatic heterocycles. The van der Waals surface area contributed by atoms with Crippen LogP contribution in [-0.2, 0) is 0 Å². The van der Waals surface area contributed by atoms with Gasteiger partial charge in [0.2, 0.25) is 0 Å². The third-order valence-corrected chi connectivity index (χ3v) is 2.64. The number of hydrogen-bond donors (Lipinski definition) is 3. The van der Waals surface area contributed by atoms with E-state index in [0.29, 0.717) is 18.3 Å². The second kappa shape index (κ2) is 7.62. The summed E-state index contributed by atoms with van der Waals surface area (Å²) in [6, 6.07) is 4.34. The van der Waals surface area contributed by atoms with Crippen LogP contribution in [-0.4, -0.2) is 22.6 Å². The zero-order chi connectivity index (χ0) is 12.5. The fourth-order valence-electron chi connectivity index (χ4n) is 1.57. The summed E-state index contributed by atoms with van der Waals surface area (Å²) in [6.45, 7) is 3.04. The van der Waals surface area contributed by atoms with Gasteiger partial charge in [0.15, 0.2) is 0 Å². The van der Waals surface area contributed by atoms with Crippen molar-refractivity contribution < 1.29 is 5.21 Å². The molecule has 5 heteroatoms. The van der Waals surface area contributed by atoms with E-state index >= 15 is 0 Å². The number of amidine groups is 1. The Morgan fingerprint density at radius 2 is 2.18 bits per heavy atom. The zero-order valence-electron chi connectivity index (χ0n) is 10.1. The van der Waals surface area contributed by atoms with Gasteiger partial charge in [-0.2, -0.15) is 0 Å². The van der Waals surface area contributed by atoms with Gasteiger partial charge in [0.1, 0.15) is 5.84 Å². The Morgan fingerprint density at radius 3 is 2.82 bits per heavy atom. The average Bonchev–Trinajstić information content (AvgIpc) is 2.38. The fraction of sp³-hybridized carbons (Fsp3) is 0.500. The normalized spacial score (nSPS) is 13.6. The van der Waals surface area contributed by atoms with Crippen LogP contribution in [0.3, 0.4) is 0 Å². The standard InChI is InChI=1S/C12H20N4O/c1-10(11-5-8-14-9-6-11)15-7-3-2-4-12(13)16-17/h5-6,8-10,15,17H,2-4,7H2,1H3,(H2,13,16). The minimum absolute atomic E-state index is 0.298. The molecule has 0 saturated heterocycles. The molecule has 0 bridgehead atoms. The number of hydrogen-bond acceptors (Lipinski definition) is 4. The molecule has 1 heterocycles. The highest BCUT2D eigenvalue weighted by Gasteiger charge is 2.03. The Kier molecular flexibility index (Phi) is 6.03. The second-order valence-corrected chi connectivity index (χ2v) is 4.00. The summed E-state index contributed by atoms with van der Waals surface area (Å²) >= 11 is 0. The lowest BCUT2D eigenvalue weighted by atomic mass is 10.1. The van der Waals surface area contributed by atoms with Crippen molar-refractivity contribution in [1.29, 1.82) is 0 Å². The first-order chi connectivity index (χ1) is 8.24. The molecule has 5 nitrogen and oxygen atoms in total. The largest absolute Gasteiger partial charge is 0.409 e. The first-order valence-electron chi connectivity index (χ1n) is 5.83. The van der Waals surface area contributed by atoms with E-state index in [-0.39, 0.29) is 0 Å². The number of unbranched alkanes of at least 4 members (excludes halogenated alkanes) is 1. The summed E-state index contributed by atoms with van der Waals surface area (Å²) in [5.41, 5.74) is 6.61. The molecule has 0 aliphatic carbocycles. The van der Waals surface area contributed by atoms with E-state index in [1.54, 1.807) is 12.4 Å². The Hall–Kier alpha value is -1.62. The minimum atomic E-state index is 0.298. The van der Waals surface area contributed by atoms with Gasteiger partial charge >= 0.3 is 0 Å². The Labute approximate surface area is 102 Å². The molecule has 1 rings (SSSR count). The summed E-state index contributed by atoms with van der Waals surface area (Å²) in [5, 5.41) is 14.7. The molecule has 1 atom stereocenters. The molecular weight excluding hydrogens is 216 g/mol. The number of rotatable bonds is 7. The number of nitrogens with zero attached hydrogens (tertiary/aromatic N) is 2. The van der Waals surface area contributed by atoms with Gasteiger partial charge < -0.3 is 16.3 Å². The van der Waals surface area contributed by atoms with Crippen LogP contribution in [0.5, 0.6) is 0 Å². The van der Waals surface area contributed by atoms with Crippen molar-refractivity contribution >= 4 is 5.84 Å². The van der Waals surface area contributed by atoms with E-state index in [4.69, 9.17) is 10.9 Å². The van der Waals surface area contributed by atoms with Crippen molar-refractivity contribution in [3.8, 4) is 0 Å². The Morgan fingerprint density at radius 1 is 1.47 bits per heavy atom. The third kappa shape index (κ3) is 5.31. The maximum Gasteiger partial charge on any atom is 0.139 e. The molecule has 0 aromatic carbocycles. The van der Waals surface area contributed by atoms with Gasteiger partial charge in [0.05, 0.1) is 0 Å². The summed E-state index contributed by atoms with van der Waals surface area (Å²) in [6.07, 6.45) is 6.16. The molecule has 94 valence electrons. The predicted molar refractivity (Wildman–Crippen MR) is 67.9 cm³/mol. The highest BCUT2D eigenvalue weighted by molar-refractivity contribution is 5.79. The molecule has 0 radical (unpaired) electrons. The number of oxime groups is 1. The van der Waals surface area contributed by atoms with Crippen molar-refractivity contribution in [2.24, 2.45) is 10.9 Å². The number of nitrogens with one attached hydrogen (secondary N) is 1. The van der Waals surface area contributed by atoms with Gasteiger partial charge in [-0.05, 0) is 44.0 Å². The van der Waals surface area contributed by atoms with E-state index in [2.05, 4.69) is 22.4 Å². The average molecular weight is 236 g/mol. The highest BCUT2D eigenvalue weighted by atomic mass is 16.4. The molecule has 1 aromatic rings. The monoisotopic (exact) mass is 236 g/mol. The lowest BCUT2D eigenvalue weighted by Gasteiger charge is -2.13. The van der Waals surface area contributed by atoms with Crippen LogP contribution in [0, 0.1) is 0 Å². The number of aromatic nitrogens is 1. The lowest BCUT2D eigenvalue weighted by Crippen LogP contribution is -2.20. The molecule has 0 saturated carbocycles. The molecule has 1 unspecified atom stereocenters. The van der Waals surface area contributed by atoms with Gasteiger partial charge in [-0.25, -0.2) is 0 Å². The fourth-order valence-corrected chi connectivity index (χ4v) is 1.57. The van der Waals surface area contributed by atoms with Crippen LogP contribution in [0.2, 0.25) is 0 Å². The van der Waals surface area contributed by atoms with Crippen LogP contribution in [0.1, 0.15) is 37.8 Å². The Balaban J connectivity index is 2.15. The molecule has 0 spiro atoms. The van der Waals surface area contributed by atoms with E-state index < -0.39 is 0 Å². The molecule has 0 aliphatic heterocycles. The smallest absolute Gasteiger partial charge is 0.139 e. The van der Waals surface area contributed by atoms with Crippen molar-refractivity contribution in [2.45, 2.75) is 32.2 Å². The summed E-state index contributed by atoms with van der Waals surface area (Å²) in [5.74, 6) is 0.298. The topological polar surface area (TPSA) is 83.5 Å². The summed E-state index contributed by atoms with van der Waals surface area (Å²) in [7, 11) is 0. The molecular formula is C12H20N4O. The van der Waals surface area contributed by atoms with E-state index in [9.17, 15) is 0 Å². The minimum Gasteiger partial charge on any atom is -0.409 e. The quantitative estimate of drug-likeness (QED) is 0.221. The molecule has 0 aliphatic rings. The first kappa shape index (κ1) is 13.4.